The molecule has 28 heavy (non-hydrogen) atoms. The monoisotopic (exact) mass is 404 g/mol. The Bertz CT molecular complexity index is 945. The standard InChI is InChI=1S/C20H24N2O5S/c1-3-26-16-8-6-7-15(13-16)14-21-20(23)19-11-12-22(28(2,24)25)17-9-4-5-10-18(17)27-19/h4-10,13,19H,3,11-12,14H2,1-2H3,(H,21,23)/t19-/m0/s1. The fraction of sp³-hybridized carbons (Fsp3) is 0.350. The minimum Gasteiger partial charge on any atom is -0.494 e. The summed E-state index contributed by atoms with van der Waals surface area (Å²) in [6.07, 6.45) is 0.630. The highest BCUT2D eigenvalue weighted by Gasteiger charge is 2.30. The zero-order chi connectivity index (χ0) is 20.1. The Morgan fingerprint density at radius 2 is 2.04 bits per heavy atom. The summed E-state index contributed by atoms with van der Waals surface area (Å²) >= 11 is 0. The molecule has 1 aliphatic rings. The lowest BCUT2D eigenvalue weighted by atomic mass is 10.2. The van der Waals surface area contributed by atoms with E-state index in [0.717, 1.165) is 17.6 Å². The number of carbonyl (C=O) groups is 1. The summed E-state index contributed by atoms with van der Waals surface area (Å²) in [6, 6.07) is 14.3. The summed E-state index contributed by atoms with van der Waals surface area (Å²) in [7, 11) is -3.47. The smallest absolute Gasteiger partial charge is 0.261 e. The number of anilines is 1. The van der Waals surface area contributed by atoms with Crippen LogP contribution in [0.4, 0.5) is 5.69 Å². The number of carbonyl (C=O) groups excluding carboxylic acids is 1. The number of fused-ring (bicyclic) bond motifs is 1. The predicted molar refractivity (Wildman–Crippen MR) is 107 cm³/mol. The fourth-order valence-electron chi connectivity index (χ4n) is 3.07. The highest BCUT2D eigenvalue weighted by molar-refractivity contribution is 7.92. The molecule has 7 nitrogen and oxygen atoms in total. The molecule has 2 aromatic carbocycles. The van der Waals surface area contributed by atoms with Gasteiger partial charge in [-0.1, -0.05) is 24.3 Å². The van der Waals surface area contributed by atoms with Gasteiger partial charge in [0.1, 0.15) is 11.5 Å². The van der Waals surface area contributed by atoms with Crippen LogP contribution < -0.4 is 19.1 Å². The third-order valence-corrected chi connectivity index (χ3v) is 5.55. The molecule has 0 aromatic heterocycles. The Labute approximate surface area is 165 Å². The van der Waals surface area contributed by atoms with E-state index in [9.17, 15) is 13.2 Å². The number of rotatable bonds is 6. The zero-order valence-corrected chi connectivity index (χ0v) is 16.7. The molecule has 0 spiro atoms. The summed E-state index contributed by atoms with van der Waals surface area (Å²) in [5, 5.41) is 2.86. The van der Waals surface area contributed by atoms with Gasteiger partial charge in [0, 0.05) is 19.5 Å². The number of benzene rings is 2. The van der Waals surface area contributed by atoms with Gasteiger partial charge in [0.2, 0.25) is 10.0 Å². The third kappa shape index (κ3) is 4.75. The highest BCUT2D eigenvalue weighted by Crippen LogP contribution is 2.33. The molecule has 8 heteroatoms. The van der Waals surface area contributed by atoms with Crippen LogP contribution in [0.15, 0.2) is 48.5 Å². The second kappa shape index (κ2) is 8.52. The van der Waals surface area contributed by atoms with Crippen molar-refractivity contribution < 1.29 is 22.7 Å². The summed E-state index contributed by atoms with van der Waals surface area (Å²) in [4.78, 5) is 12.7. The largest absolute Gasteiger partial charge is 0.494 e. The molecular formula is C20H24N2O5S. The molecule has 0 saturated carbocycles. The van der Waals surface area contributed by atoms with Crippen LogP contribution in [0.5, 0.6) is 11.5 Å². The first-order valence-electron chi connectivity index (χ1n) is 9.11. The number of ether oxygens (including phenoxy) is 2. The van der Waals surface area contributed by atoms with Crippen molar-refractivity contribution in [3.05, 3.63) is 54.1 Å². The molecule has 0 radical (unpaired) electrons. The lowest BCUT2D eigenvalue weighted by Crippen LogP contribution is -2.39. The van der Waals surface area contributed by atoms with Gasteiger partial charge in [-0.3, -0.25) is 9.10 Å². The Hall–Kier alpha value is -2.74. The number of hydrogen-bond donors (Lipinski definition) is 1. The van der Waals surface area contributed by atoms with Gasteiger partial charge in [0.25, 0.3) is 5.91 Å². The van der Waals surface area contributed by atoms with Crippen LogP contribution in [0.25, 0.3) is 0 Å². The predicted octanol–water partition coefficient (Wildman–Crippen LogP) is 2.32. The molecule has 3 rings (SSSR count). The first-order chi connectivity index (χ1) is 13.4. The molecule has 0 unspecified atom stereocenters. The van der Waals surface area contributed by atoms with Gasteiger partial charge in [-0.05, 0) is 36.8 Å². The summed E-state index contributed by atoms with van der Waals surface area (Å²) in [6.45, 7) is 2.99. The molecule has 0 bridgehead atoms. The minimum absolute atomic E-state index is 0.174. The number of sulfonamides is 1. The van der Waals surface area contributed by atoms with Gasteiger partial charge in [0.05, 0.1) is 18.6 Å². The molecule has 1 heterocycles. The Balaban J connectivity index is 1.71. The quantitative estimate of drug-likeness (QED) is 0.799. The van der Waals surface area contributed by atoms with Gasteiger partial charge in [0.15, 0.2) is 6.10 Å². The van der Waals surface area contributed by atoms with Crippen molar-refractivity contribution in [1.82, 2.24) is 5.32 Å². The molecular weight excluding hydrogens is 380 g/mol. The van der Waals surface area contributed by atoms with Crippen LogP contribution in [-0.2, 0) is 21.4 Å². The van der Waals surface area contributed by atoms with E-state index in [1.54, 1.807) is 24.3 Å². The first-order valence-corrected chi connectivity index (χ1v) is 11.0. The molecule has 150 valence electrons. The van der Waals surface area contributed by atoms with Crippen molar-refractivity contribution >= 4 is 21.6 Å². The van der Waals surface area contributed by atoms with Crippen molar-refractivity contribution in [3.63, 3.8) is 0 Å². The molecule has 0 aliphatic carbocycles. The van der Waals surface area contributed by atoms with Crippen LogP contribution >= 0.6 is 0 Å². The van der Waals surface area contributed by atoms with E-state index in [-0.39, 0.29) is 18.9 Å². The minimum atomic E-state index is -3.47. The number of amides is 1. The lowest BCUT2D eigenvalue weighted by molar-refractivity contribution is -0.128. The van der Waals surface area contributed by atoms with Crippen LogP contribution in [0.2, 0.25) is 0 Å². The molecule has 1 N–H and O–H groups in total. The van der Waals surface area contributed by atoms with Crippen molar-refractivity contribution in [2.24, 2.45) is 0 Å². The molecule has 1 aliphatic heterocycles. The number of nitrogens with zero attached hydrogens (tertiary/aromatic N) is 1. The Morgan fingerprint density at radius 3 is 2.79 bits per heavy atom. The number of para-hydroxylation sites is 2. The van der Waals surface area contributed by atoms with Crippen LogP contribution in [0.1, 0.15) is 18.9 Å². The van der Waals surface area contributed by atoms with Gasteiger partial charge in [-0.15, -0.1) is 0 Å². The second-order valence-corrected chi connectivity index (χ2v) is 8.40. The van der Waals surface area contributed by atoms with Gasteiger partial charge in [-0.25, -0.2) is 8.42 Å². The van der Waals surface area contributed by atoms with Gasteiger partial charge in [-0.2, -0.15) is 0 Å². The normalized spacial score (nSPS) is 16.5. The van der Waals surface area contributed by atoms with Crippen molar-refractivity contribution in [1.29, 1.82) is 0 Å². The molecule has 0 fully saturated rings. The lowest BCUT2D eigenvalue weighted by Gasteiger charge is -2.20. The second-order valence-electron chi connectivity index (χ2n) is 6.50. The van der Waals surface area contributed by atoms with Crippen LogP contribution in [0, 0.1) is 0 Å². The summed E-state index contributed by atoms with van der Waals surface area (Å²) in [5.74, 6) is 0.841. The molecule has 1 amide bonds. The van der Waals surface area contributed by atoms with Crippen LogP contribution in [-0.4, -0.2) is 39.8 Å². The van der Waals surface area contributed by atoms with Crippen LogP contribution in [0.3, 0.4) is 0 Å². The number of hydrogen-bond acceptors (Lipinski definition) is 5. The van der Waals surface area contributed by atoms with Crippen molar-refractivity contribution in [3.8, 4) is 11.5 Å². The average molecular weight is 404 g/mol. The van der Waals surface area contributed by atoms with E-state index in [0.29, 0.717) is 24.6 Å². The SMILES string of the molecule is CCOc1cccc(CNC(=O)[C@@H]2CCN(S(C)(=O)=O)c3ccccc3O2)c1. The van der Waals surface area contributed by atoms with Crippen molar-refractivity contribution in [2.45, 2.75) is 26.0 Å². The maximum atomic E-state index is 12.7. The van der Waals surface area contributed by atoms with E-state index < -0.39 is 16.1 Å². The summed E-state index contributed by atoms with van der Waals surface area (Å²) < 4.78 is 36.9. The summed E-state index contributed by atoms with van der Waals surface area (Å²) in [5.41, 5.74) is 1.36. The maximum absolute atomic E-state index is 12.7. The van der Waals surface area contributed by atoms with E-state index in [1.807, 2.05) is 31.2 Å². The topological polar surface area (TPSA) is 84.9 Å². The van der Waals surface area contributed by atoms with Crippen molar-refractivity contribution in [2.75, 3.05) is 23.7 Å². The Kier molecular flexibility index (Phi) is 6.08. The van der Waals surface area contributed by atoms with E-state index in [2.05, 4.69) is 5.32 Å². The van der Waals surface area contributed by atoms with E-state index in [1.165, 1.54) is 4.31 Å². The maximum Gasteiger partial charge on any atom is 0.261 e. The molecule has 1 atom stereocenters. The van der Waals surface area contributed by atoms with E-state index in [4.69, 9.17) is 9.47 Å². The third-order valence-electron chi connectivity index (χ3n) is 4.37. The first kappa shape index (κ1) is 20.0. The Morgan fingerprint density at radius 1 is 1.25 bits per heavy atom. The highest BCUT2D eigenvalue weighted by atomic mass is 32.2. The zero-order valence-electron chi connectivity index (χ0n) is 15.9. The fourth-order valence-corrected chi connectivity index (χ4v) is 4.02. The number of nitrogens with one attached hydrogen (secondary N) is 1. The van der Waals surface area contributed by atoms with Gasteiger partial charge < -0.3 is 14.8 Å². The average Bonchev–Trinajstić information content (AvgIpc) is 2.86. The molecule has 2 aromatic rings. The van der Waals surface area contributed by atoms with E-state index >= 15 is 0 Å². The van der Waals surface area contributed by atoms with Gasteiger partial charge >= 0.3 is 0 Å². The molecule has 0 saturated heterocycles.